The molecule has 9 heteroatoms. The minimum Gasteiger partial charge on any atom is -0.261 e. The highest BCUT2D eigenvalue weighted by Crippen LogP contribution is 2.29. The number of nitrogens with zero attached hydrogens (tertiary/aromatic N) is 2. The van der Waals surface area contributed by atoms with Crippen molar-refractivity contribution < 1.29 is 17.6 Å². The van der Waals surface area contributed by atoms with Gasteiger partial charge in [0.25, 0.3) is 0 Å². The molecular formula is C12H5F4N3S2. The number of aromatic amines is 1. The van der Waals surface area contributed by atoms with E-state index in [9.17, 15) is 17.6 Å². The second-order valence-corrected chi connectivity index (χ2v) is 5.32. The van der Waals surface area contributed by atoms with Gasteiger partial charge in [-0.1, -0.05) is 6.07 Å². The Morgan fingerprint density at radius 2 is 1.81 bits per heavy atom. The summed E-state index contributed by atoms with van der Waals surface area (Å²) in [5.41, 5.74) is -0.936. The Labute approximate surface area is 124 Å². The van der Waals surface area contributed by atoms with E-state index in [1.165, 1.54) is 11.3 Å². The molecule has 0 aliphatic carbocycles. The first-order valence-electron chi connectivity index (χ1n) is 5.55. The summed E-state index contributed by atoms with van der Waals surface area (Å²) in [6, 6.07) is 3.47. The van der Waals surface area contributed by atoms with Crippen LogP contribution in [0.25, 0.3) is 16.4 Å². The molecule has 0 saturated carbocycles. The predicted octanol–water partition coefficient (Wildman–Crippen LogP) is 4.21. The minimum absolute atomic E-state index is 0.0674. The number of hydrogen-bond acceptors (Lipinski definition) is 3. The van der Waals surface area contributed by atoms with Gasteiger partial charge >= 0.3 is 0 Å². The highest BCUT2D eigenvalue weighted by Gasteiger charge is 2.24. The highest BCUT2D eigenvalue weighted by atomic mass is 32.1. The third kappa shape index (κ3) is 2.18. The van der Waals surface area contributed by atoms with Gasteiger partial charge in [-0.2, -0.15) is 5.10 Å². The number of rotatable bonds is 2. The number of hydrogen-bond donors (Lipinski definition) is 1. The molecule has 3 aromatic rings. The zero-order chi connectivity index (χ0) is 15.1. The lowest BCUT2D eigenvalue weighted by atomic mass is 10.2. The predicted molar refractivity (Wildman–Crippen MR) is 71.9 cm³/mol. The number of H-pyrrole nitrogens is 1. The fraction of sp³-hybridized carbons (Fsp3) is 0. The summed E-state index contributed by atoms with van der Waals surface area (Å²) in [6.45, 7) is 0. The Kier molecular flexibility index (Phi) is 3.38. The van der Waals surface area contributed by atoms with Crippen molar-refractivity contribution in [1.29, 1.82) is 0 Å². The Morgan fingerprint density at radius 1 is 1.14 bits per heavy atom. The highest BCUT2D eigenvalue weighted by molar-refractivity contribution is 7.71. The van der Waals surface area contributed by atoms with Crippen LogP contribution in [0.2, 0.25) is 0 Å². The maximum atomic E-state index is 13.9. The van der Waals surface area contributed by atoms with E-state index in [1.54, 1.807) is 17.5 Å². The van der Waals surface area contributed by atoms with E-state index in [4.69, 9.17) is 12.2 Å². The van der Waals surface area contributed by atoms with E-state index in [0.717, 1.165) is 4.57 Å². The van der Waals surface area contributed by atoms with Crippen LogP contribution in [0.5, 0.6) is 0 Å². The molecule has 0 saturated heterocycles. The average molecular weight is 331 g/mol. The van der Waals surface area contributed by atoms with Gasteiger partial charge in [-0.05, 0) is 23.7 Å². The molecule has 0 atom stereocenters. The minimum atomic E-state index is -1.54. The molecule has 0 amide bonds. The Bertz CT molecular complexity index is 841. The van der Waals surface area contributed by atoms with E-state index in [-0.39, 0.29) is 16.7 Å². The van der Waals surface area contributed by atoms with Gasteiger partial charge in [0.05, 0.1) is 4.88 Å². The Balaban J connectivity index is 2.38. The first-order valence-corrected chi connectivity index (χ1v) is 6.84. The topological polar surface area (TPSA) is 33.6 Å². The molecule has 2 heterocycles. The third-order valence-corrected chi connectivity index (χ3v) is 3.87. The van der Waals surface area contributed by atoms with Gasteiger partial charge < -0.3 is 0 Å². The van der Waals surface area contributed by atoms with Crippen LogP contribution < -0.4 is 0 Å². The lowest BCUT2D eigenvalue weighted by molar-refractivity contribution is 0.448. The first-order chi connectivity index (χ1) is 10.0. The summed E-state index contributed by atoms with van der Waals surface area (Å²) >= 11 is 6.14. The van der Waals surface area contributed by atoms with Crippen LogP contribution in [0.3, 0.4) is 0 Å². The summed E-state index contributed by atoms with van der Waals surface area (Å²) in [5.74, 6) is -6.03. The monoisotopic (exact) mass is 331 g/mol. The maximum Gasteiger partial charge on any atom is 0.200 e. The van der Waals surface area contributed by atoms with Gasteiger partial charge in [0.1, 0.15) is 5.69 Å². The van der Waals surface area contributed by atoms with E-state index in [1.807, 2.05) is 0 Å². The van der Waals surface area contributed by atoms with Crippen molar-refractivity contribution in [2.45, 2.75) is 0 Å². The summed E-state index contributed by atoms with van der Waals surface area (Å²) in [5, 5.41) is 7.93. The smallest absolute Gasteiger partial charge is 0.200 e. The second kappa shape index (κ2) is 5.08. The molecular weight excluding hydrogens is 326 g/mol. The zero-order valence-electron chi connectivity index (χ0n) is 10.0. The number of benzene rings is 1. The van der Waals surface area contributed by atoms with E-state index in [0.29, 0.717) is 4.88 Å². The number of aromatic nitrogens is 3. The quantitative estimate of drug-likeness (QED) is 0.433. The lowest BCUT2D eigenvalue weighted by Gasteiger charge is -2.09. The largest absolute Gasteiger partial charge is 0.261 e. The molecule has 0 fully saturated rings. The van der Waals surface area contributed by atoms with Crippen molar-refractivity contribution in [3.8, 4) is 16.4 Å². The van der Waals surface area contributed by atoms with E-state index < -0.39 is 29.0 Å². The summed E-state index contributed by atoms with van der Waals surface area (Å²) in [6.07, 6.45) is 0. The average Bonchev–Trinajstić information content (AvgIpc) is 3.07. The number of halogens is 4. The molecule has 21 heavy (non-hydrogen) atoms. The Hall–Kier alpha value is -2.00. The van der Waals surface area contributed by atoms with Crippen LogP contribution in [-0.4, -0.2) is 14.8 Å². The summed E-state index contributed by atoms with van der Waals surface area (Å²) in [7, 11) is 0. The molecule has 1 N–H and O–H groups in total. The molecule has 0 radical (unpaired) electrons. The molecule has 0 bridgehead atoms. The molecule has 0 aliphatic rings. The lowest BCUT2D eigenvalue weighted by Crippen LogP contribution is -2.07. The second-order valence-electron chi connectivity index (χ2n) is 3.98. The van der Waals surface area contributed by atoms with Crippen LogP contribution in [0.1, 0.15) is 0 Å². The van der Waals surface area contributed by atoms with Crippen molar-refractivity contribution in [3.05, 3.63) is 51.6 Å². The number of thiophene rings is 1. The number of nitrogens with one attached hydrogen (secondary N) is 1. The van der Waals surface area contributed by atoms with Gasteiger partial charge in [-0.25, -0.2) is 17.6 Å². The third-order valence-electron chi connectivity index (χ3n) is 2.73. The molecule has 0 unspecified atom stereocenters. The van der Waals surface area contributed by atoms with Crippen LogP contribution in [0.15, 0.2) is 23.6 Å². The standard InChI is InChI=1S/C12H5F4N3S2/c13-5-4-6(14)9(16)10(8(5)15)19-11(17-18-12(19)20)7-2-1-3-21-7/h1-4H,(H,18,20). The van der Waals surface area contributed by atoms with E-state index >= 15 is 0 Å². The van der Waals surface area contributed by atoms with Gasteiger partial charge in [-0.3, -0.25) is 9.67 Å². The van der Waals surface area contributed by atoms with Crippen molar-refractivity contribution in [2.24, 2.45) is 0 Å². The van der Waals surface area contributed by atoms with Crippen LogP contribution >= 0.6 is 23.6 Å². The van der Waals surface area contributed by atoms with Crippen molar-refractivity contribution >= 4 is 23.6 Å². The van der Waals surface area contributed by atoms with E-state index in [2.05, 4.69) is 10.2 Å². The van der Waals surface area contributed by atoms with Gasteiger partial charge in [0, 0.05) is 6.07 Å². The van der Waals surface area contributed by atoms with Crippen LogP contribution in [0, 0.1) is 28.0 Å². The van der Waals surface area contributed by atoms with Crippen LogP contribution in [-0.2, 0) is 0 Å². The van der Waals surface area contributed by atoms with Crippen molar-refractivity contribution in [1.82, 2.24) is 14.8 Å². The summed E-state index contributed by atoms with van der Waals surface area (Å²) in [4.78, 5) is 0.533. The van der Waals surface area contributed by atoms with Crippen molar-refractivity contribution in [3.63, 3.8) is 0 Å². The Morgan fingerprint density at radius 3 is 2.38 bits per heavy atom. The molecule has 3 nitrogen and oxygen atoms in total. The molecule has 108 valence electrons. The van der Waals surface area contributed by atoms with Crippen molar-refractivity contribution in [2.75, 3.05) is 0 Å². The summed E-state index contributed by atoms with van der Waals surface area (Å²) < 4.78 is 55.2. The normalized spacial score (nSPS) is 11.0. The molecule has 0 aliphatic heterocycles. The molecule has 0 spiro atoms. The van der Waals surface area contributed by atoms with Gasteiger partial charge in [-0.15, -0.1) is 11.3 Å². The zero-order valence-corrected chi connectivity index (χ0v) is 11.7. The molecule has 2 aromatic heterocycles. The van der Waals surface area contributed by atoms with Crippen LogP contribution in [0.4, 0.5) is 17.6 Å². The van der Waals surface area contributed by atoms with Gasteiger partial charge in [0.2, 0.25) is 0 Å². The molecule has 3 rings (SSSR count). The maximum absolute atomic E-state index is 13.9. The molecule has 1 aromatic carbocycles. The van der Waals surface area contributed by atoms with Gasteiger partial charge in [0.15, 0.2) is 33.9 Å². The fourth-order valence-electron chi connectivity index (χ4n) is 1.83. The first kappa shape index (κ1) is 14.0. The SMILES string of the molecule is Fc1cc(F)c(F)c(-n2c(-c3cccs3)n[nH]c2=S)c1F. The fourth-order valence-corrected chi connectivity index (χ4v) is 2.76.